The predicted octanol–water partition coefficient (Wildman–Crippen LogP) is 3.63. The van der Waals surface area contributed by atoms with E-state index >= 15 is 0 Å². The van der Waals surface area contributed by atoms with Crippen LogP contribution in [0.5, 0.6) is 0 Å². The minimum absolute atomic E-state index is 0.212. The lowest BCUT2D eigenvalue weighted by Gasteiger charge is -2.20. The van der Waals surface area contributed by atoms with Crippen LogP contribution in [-0.4, -0.2) is 16.1 Å². The fourth-order valence-corrected chi connectivity index (χ4v) is 2.40. The van der Waals surface area contributed by atoms with Gasteiger partial charge in [0.15, 0.2) is 0 Å². The molecular formula is C17H25N3. The van der Waals surface area contributed by atoms with E-state index in [1.807, 2.05) is 19.6 Å². The van der Waals surface area contributed by atoms with Crippen LogP contribution in [0.1, 0.15) is 56.0 Å². The average molecular weight is 271 g/mol. The van der Waals surface area contributed by atoms with E-state index in [9.17, 15) is 0 Å². The van der Waals surface area contributed by atoms with Gasteiger partial charge in [-0.05, 0) is 30.0 Å². The van der Waals surface area contributed by atoms with E-state index in [0.717, 1.165) is 13.0 Å². The molecule has 0 aliphatic rings. The van der Waals surface area contributed by atoms with Gasteiger partial charge in [0.25, 0.3) is 0 Å². The van der Waals surface area contributed by atoms with Crippen molar-refractivity contribution >= 4 is 0 Å². The third-order valence-electron chi connectivity index (χ3n) is 3.68. The molecule has 0 bridgehead atoms. The number of hydrogen-bond acceptors (Lipinski definition) is 2. The van der Waals surface area contributed by atoms with Crippen molar-refractivity contribution in [1.29, 1.82) is 0 Å². The smallest absolute Gasteiger partial charge is 0.0946 e. The van der Waals surface area contributed by atoms with Crippen LogP contribution in [0, 0.1) is 0 Å². The molecule has 20 heavy (non-hydrogen) atoms. The molecule has 0 aliphatic heterocycles. The number of rotatable bonds is 6. The van der Waals surface area contributed by atoms with Crippen LogP contribution in [0.2, 0.25) is 0 Å². The van der Waals surface area contributed by atoms with Crippen LogP contribution in [-0.2, 0) is 7.05 Å². The second kappa shape index (κ2) is 6.71. The molecule has 3 heteroatoms. The number of hydrogen-bond donors (Lipinski definition) is 1. The highest BCUT2D eigenvalue weighted by atomic mass is 15.1. The van der Waals surface area contributed by atoms with Gasteiger partial charge in [0.05, 0.1) is 24.3 Å². The molecule has 108 valence electrons. The molecule has 1 N–H and O–H groups in total. The van der Waals surface area contributed by atoms with E-state index < -0.39 is 0 Å². The normalized spacial score (nSPS) is 12.8. The van der Waals surface area contributed by atoms with E-state index in [1.165, 1.54) is 16.8 Å². The first-order valence-electron chi connectivity index (χ1n) is 7.43. The fourth-order valence-electron chi connectivity index (χ4n) is 2.40. The van der Waals surface area contributed by atoms with Gasteiger partial charge in [0.2, 0.25) is 0 Å². The van der Waals surface area contributed by atoms with Gasteiger partial charge in [-0.2, -0.15) is 0 Å². The number of imidazole rings is 1. The topological polar surface area (TPSA) is 29.9 Å². The molecule has 2 rings (SSSR count). The van der Waals surface area contributed by atoms with Gasteiger partial charge in [-0.25, -0.2) is 4.98 Å². The van der Waals surface area contributed by atoms with Crippen molar-refractivity contribution in [3.63, 3.8) is 0 Å². The molecule has 3 nitrogen and oxygen atoms in total. The number of benzene rings is 1. The summed E-state index contributed by atoms with van der Waals surface area (Å²) in [6.45, 7) is 7.64. The average Bonchev–Trinajstić information content (AvgIpc) is 2.86. The monoisotopic (exact) mass is 271 g/mol. The molecule has 0 aliphatic carbocycles. The lowest BCUT2D eigenvalue weighted by atomic mass is 9.98. The first kappa shape index (κ1) is 14.8. The van der Waals surface area contributed by atoms with E-state index in [1.54, 1.807) is 0 Å². The Morgan fingerprint density at radius 1 is 1.15 bits per heavy atom. The Labute approximate surface area is 122 Å². The maximum absolute atomic E-state index is 4.24. The van der Waals surface area contributed by atoms with Crippen molar-refractivity contribution in [3.8, 4) is 0 Å². The van der Waals surface area contributed by atoms with Crippen LogP contribution in [0.25, 0.3) is 0 Å². The summed E-state index contributed by atoms with van der Waals surface area (Å²) in [6.07, 6.45) is 4.93. The largest absolute Gasteiger partial charge is 0.336 e. The van der Waals surface area contributed by atoms with Gasteiger partial charge >= 0.3 is 0 Å². The van der Waals surface area contributed by atoms with Gasteiger partial charge in [-0.1, -0.05) is 45.0 Å². The highest BCUT2D eigenvalue weighted by molar-refractivity contribution is 5.31. The zero-order chi connectivity index (χ0) is 14.5. The molecule has 1 heterocycles. The summed E-state index contributed by atoms with van der Waals surface area (Å²) < 4.78 is 2.09. The summed E-state index contributed by atoms with van der Waals surface area (Å²) in [5, 5.41) is 3.62. The van der Waals surface area contributed by atoms with Crippen LogP contribution >= 0.6 is 0 Å². The second-order valence-electron chi connectivity index (χ2n) is 5.64. The zero-order valence-corrected chi connectivity index (χ0v) is 12.9. The highest BCUT2D eigenvalue weighted by Crippen LogP contribution is 2.23. The van der Waals surface area contributed by atoms with Gasteiger partial charge in [-0.15, -0.1) is 0 Å². The summed E-state index contributed by atoms with van der Waals surface area (Å²) in [5.74, 6) is 0.572. The first-order valence-corrected chi connectivity index (χ1v) is 7.43. The SMILES string of the molecule is CCCNC(c1ccc(C(C)C)cc1)c1cncn1C. The molecular weight excluding hydrogens is 246 g/mol. The lowest BCUT2D eigenvalue weighted by molar-refractivity contribution is 0.569. The van der Waals surface area contributed by atoms with Crippen molar-refractivity contribution in [2.45, 2.75) is 39.2 Å². The van der Waals surface area contributed by atoms with E-state index in [0.29, 0.717) is 5.92 Å². The fraction of sp³-hybridized carbons (Fsp3) is 0.471. The van der Waals surface area contributed by atoms with Crippen molar-refractivity contribution in [3.05, 3.63) is 53.6 Å². The van der Waals surface area contributed by atoms with Crippen LogP contribution in [0.3, 0.4) is 0 Å². The van der Waals surface area contributed by atoms with Gasteiger partial charge in [-0.3, -0.25) is 0 Å². The molecule has 0 saturated heterocycles. The van der Waals surface area contributed by atoms with E-state index in [2.05, 4.69) is 59.9 Å². The van der Waals surface area contributed by atoms with Crippen molar-refractivity contribution < 1.29 is 0 Å². The maximum Gasteiger partial charge on any atom is 0.0946 e. The maximum atomic E-state index is 4.24. The van der Waals surface area contributed by atoms with Gasteiger partial charge < -0.3 is 9.88 Å². The number of nitrogens with one attached hydrogen (secondary N) is 1. The molecule has 0 saturated carbocycles. The second-order valence-corrected chi connectivity index (χ2v) is 5.64. The summed E-state index contributed by atoms with van der Waals surface area (Å²) in [6, 6.07) is 9.14. The van der Waals surface area contributed by atoms with Crippen LogP contribution in [0.4, 0.5) is 0 Å². The standard InChI is InChI=1S/C17H25N3/c1-5-10-19-17(16-11-18-12-20(16)4)15-8-6-14(7-9-15)13(2)3/h6-9,11-13,17,19H,5,10H2,1-4H3. The van der Waals surface area contributed by atoms with Crippen molar-refractivity contribution in [2.75, 3.05) is 6.54 Å². The molecule has 0 radical (unpaired) electrons. The van der Waals surface area contributed by atoms with Crippen LogP contribution < -0.4 is 5.32 Å². The molecule has 1 aromatic heterocycles. The van der Waals surface area contributed by atoms with Crippen LogP contribution in [0.15, 0.2) is 36.8 Å². The lowest BCUT2D eigenvalue weighted by Crippen LogP contribution is -2.25. The van der Waals surface area contributed by atoms with Crippen molar-refractivity contribution in [2.24, 2.45) is 7.05 Å². The summed E-state index contributed by atoms with van der Waals surface area (Å²) in [4.78, 5) is 4.24. The predicted molar refractivity (Wildman–Crippen MR) is 83.9 cm³/mol. The minimum atomic E-state index is 0.212. The number of aromatic nitrogens is 2. The van der Waals surface area contributed by atoms with Gasteiger partial charge in [0.1, 0.15) is 0 Å². The summed E-state index contributed by atoms with van der Waals surface area (Å²) in [7, 11) is 2.05. The van der Waals surface area contributed by atoms with E-state index in [4.69, 9.17) is 0 Å². The molecule has 0 fully saturated rings. The number of aryl methyl sites for hydroxylation is 1. The quantitative estimate of drug-likeness (QED) is 0.869. The van der Waals surface area contributed by atoms with Gasteiger partial charge in [0, 0.05) is 7.05 Å². The number of nitrogens with zero attached hydrogens (tertiary/aromatic N) is 2. The molecule has 2 aromatic rings. The minimum Gasteiger partial charge on any atom is -0.336 e. The van der Waals surface area contributed by atoms with Crippen molar-refractivity contribution in [1.82, 2.24) is 14.9 Å². The Kier molecular flexibility index (Phi) is 4.96. The Balaban J connectivity index is 2.29. The molecule has 0 spiro atoms. The Bertz CT molecular complexity index is 525. The molecule has 1 unspecified atom stereocenters. The molecule has 1 atom stereocenters. The Morgan fingerprint density at radius 2 is 1.80 bits per heavy atom. The molecule has 0 amide bonds. The Hall–Kier alpha value is -1.61. The third-order valence-corrected chi connectivity index (χ3v) is 3.68. The van der Waals surface area contributed by atoms with E-state index in [-0.39, 0.29) is 6.04 Å². The summed E-state index contributed by atoms with van der Waals surface area (Å²) in [5.41, 5.74) is 3.88. The first-order chi connectivity index (χ1) is 9.63. The Morgan fingerprint density at radius 3 is 2.30 bits per heavy atom. The highest BCUT2D eigenvalue weighted by Gasteiger charge is 2.16. The molecule has 1 aromatic carbocycles. The summed E-state index contributed by atoms with van der Waals surface area (Å²) >= 11 is 0. The zero-order valence-electron chi connectivity index (χ0n) is 12.9. The third kappa shape index (κ3) is 3.28.